The number of benzene rings is 13. The van der Waals surface area contributed by atoms with Gasteiger partial charge in [0.05, 0.1) is 0 Å². The molecule has 1 aromatic heterocycles. The monoisotopic (exact) mass is 812 g/mol. The average Bonchev–Trinajstić information content (AvgIpc) is 3.72. The Balaban J connectivity index is 0.801. The molecule has 0 bridgehead atoms. The van der Waals surface area contributed by atoms with Gasteiger partial charge in [0.25, 0.3) is 0 Å². The van der Waals surface area contributed by atoms with E-state index in [1.807, 2.05) is 11.3 Å². The molecule has 1 heterocycles. The molecule has 0 fully saturated rings. The highest BCUT2D eigenvalue weighted by Gasteiger charge is 2.17. The van der Waals surface area contributed by atoms with Crippen molar-refractivity contribution in [1.29, 1.82) is 0 Å². The lowest BCUT2D eigenvalue weighted by Crippen LogP contribution is -1.89. The lowest BCUT2D eigenvalue weighted by atomic mass is 9.87. The Kier molecular flexibility index (Phi) is 7.37. The Bertz CT molecular complexity index is 4080. The van der Waals surface area contributed by atoms with Crippen molar-refractivity contribution in [2.24, 2.45) is 0 Å². The first-order valence-corrected chi connectivity index (χ1v) is 22.6. The Morgan fingerprint density at radius 1 is 0.206 bits per heavy atom. The van der Waals surface area contributed by atoms with Crippen LogP contribution in [0, 0.1) is 0 Å². The van der Waals surface area contributed by atoms with E-state index < -0.39 is 0 Å². The van der Waals surface area contributed by atoms with E-state index in [-0.39, 0.29) is 0 Å². The van der Waals surface area contributed by atoms with Crippen LogP contribution in [0.1, 0.15) is 0 Å². The molecule has 1 heteroatoms. The van der Waals surface area contributed by atoms with Crippen molar-refractivity contribution in [3.63, 3.8) is 0 Å². The Hall–Kier alpha value is -7.84. The molecule has 0 radical (unpaired) electrons. The minimum absolute atomic E-state index is 1.23. The van der Waals surface area contributed by atoms with Crippen LogP contribution < -0.4 is 0 Å². The summed E-state index contributed by atoms with van der Waals surface area (Å²) in [6, 6.07) is 81.8. The van der Waals surface area contributed by atoms with Crippen molar-refractivity contribution in [3.05, 3.63) is 218 Å². The quantitative estimate of drug-likeness (QED) is 0.152. The van der Waals surface area contributed by atoms with Gasteiger partial charge in [-0.2, -0.15) is 0 Å². The number of thiophene rings is 1. The van der Waals surface area contributed by atoms with Crippen LogP contribution in [0.5, 0.6) is 0 Å². The predicted molar refractivity (Wildman–Crippen MR) is 274 cm³/mol. The van der Waals surface area contributed by atoms with Gasteiger partial charge in [0.2, 0.25) is 0 Å². The first-order valence-electron chi connectivity index (χ1n) is 21.8. The van der Waals surface area contributed by atoms with Crippen LogP contribution in [0.15, 0.2) is 218 Å². The molecule has 0 amide bonds. The van der Waals surface area contributed by atoms with Gasteiger partial charge in [-0.3, -0.25) is 0 Å². The standard InChI is InChI=1S/C62H36S/c1-2-5-39(6-3-1)49-27-20-45-24-32-54-51(29-21-46-23-31-53(49)61(45)62(46)54)41-15-11-38(12-16-41)48-26-34-58-56(36-48)55-35-47(25-33-57(55)63-58)37-9-13-40(14-10-37)50-28-19-44-18-17-42-7-4-8-43-22-30-52(50)60(44)59(42)43/h1-36H. The summed E-state index contributed by atoms with van der Waals surface area (Å²) in [6.45, 7) is 0. The summed E-state index contributed by atoms with van der Waals surface area (Å²) in [5.74, 6) is 0. The molecule has 0 atom stereocenters. The van der Waals surface area contributed by atoms with Gasteiger partial charge >= 0.3 is 0 Å². The van der Waals surface area contributed by atoms with Crippen LogP contribution in [0.4, 0.5) is 0 Å². The summed E-state index contributed by atoms with van der Waals surface area (Å²) in [6.07, 6.45) is 0. The second-order valence-electron chi connectivity index (χ2n) is 17.2. The van der Waals surface area contributed by atoms with Gasteiger partial charge in [-0.1, -0.05) is 194 Å². The highest BCUT2D eigenvalue weighted by atomic mass is 32.1. The van der Waals surface area contributed by atoms with Crippen LogP contribution in [0.2, 0.25) is 0 Å². The fourth-order valence-corrected chi connectivity index (χ4v) is 11.8. The predicted octanol–water partition coefficient (Wildman–Crippen LogP) is 18.2. The van der Waals surface area contributed by atoms with E-state index in [0.717, 1.165) is 0 Å². The molecule has 63 heavy (non-hydrogen) atoms. The molecular weight excluding hydrogens is 777 g/mol. The molecule has 0 aliphatic rings. The molecule has 0 saturated heterocycles. The third-order valence-electron chi connectivity index (χ3n) is 13.8. The maximum absolute atomic E-state index is 2.39. The lowest BCUT2D eigenvalue weighted by molar-refractivity contribution is 1.63. The molecule has 0 aliphatic carbocycles. The van der Waals surface area contributed by atoms with E-state index in [1.165, 1.54) is 140 Å². The molecule has 0 aliphatic heterocycles. The van der Waals surface area contributed by atoms with Gasteiger partial charge in [-0.15, -0.1) is 11.3 Å². The van der Waals surface area contributed by atoms with E-state index in [4.69, 9.17) is 0 Å². The van der Waals surface area contributed by atoms with E-state index in [2.05, 4.69) is 218 Å². The van der Waals surface area contributed by atoms with Crippen LogP contribution in [0.3, 0.4) is 0 Å². The van der Waals surface area contributed by atoms with E-state index in [9.17, 15) is 0 Å². The zero-order chi connectivity index (χ0) is 41.2. The fourth-order valence-electron chi connectivity index (χ4n) is 10.7. The van der Waals surface area contributed by atoms with Crippen molar-refractivity contribution >= 4 is 96.1 Å². The molecule has 14 aromatic rings. The average molecular weight is 813 g/mol. The first kappa shape index (κ1) is 34.8. The van der Waals surface area contributed by atoms with Gasteiger partial charge < -0.3 is 0 Å². The molecule has 0 unspecified atom stereocenters. The zero-order valence-corrected chi connectivity index (χ0v) is 35.0. The van der Waals surface area contributed by atoms with Crippen LogP contribution in [-0.2, 0) is 0 Å². The number of hydrogen-bond donors (Lipinski definition) is 0. The van der Waals surface area contributed by atoms with Gasteiger partial charge in [0, 0.05) is 20.2 Å². The third kappa shape index (κ3) is 5.27. The van der Waals surface area contributed by atoms with Crippen molar-refractivity contribution < 1.29 is 0 Å². The highest BCUT2D eigenvalue weighted by Crippen LogP contribution is 2.44. The Labute approximate surface area is 368 Å². The number of rotatable bonds is 5. The number of hydrogen-bond acceptors (Lipinski definition) is 1. The molecule has 14 rings (SSSR count). The number of fused-ring (bicyclic) bond motifs is 3. The van der Waals surface area contributed by atoms with Gasteiger partial charge in [0.1, 0.15) is 0 Å². The third-order valence-corrected chi connectivity index (χ3v) is 15.0. The fraction of sp³-hybridized carbons (Fsp3) is 0. The van der Waals surface area contributed by atoms with Crippen molar-refractivity contribution in [2.75, 3.05) is 0 Å². The van der Waals surface area contributed by atoms with Gasteiger partial charge in [0.15, 0.2) is 0 Å². The van der Waals surface area contributed by atoms with Crippen molar-refractivity contribution in [3.8, 4) is 55.6 Å². The summed E-state index contributed by atoms with van der Waals surface area (Å²) in [7, 11) is 0. The maximum atomic E-state index is 2.39. The van der Waals surface area contributed by atoms with E-state index in [0.29, 0.717) is 0 Å². The van der Waals surface area contributed by atoms with Crippen LogP contribution >= 0.6 is 11.3 Å². The van der Waals surface area contributed by atoms with Crippen LogP contribution in [0.25, 0.3) is 140 Å². The van der Waals surface area contributed by atoms with Crippen molar-refractivity contribution in [2.45, 2.75) is 0 Å². The molecule has 13 aromatic carbocycles. The minimum Gasteiger partial charge on any atom is -0.135 e. The van der Waals surface area contributed by atoms with Gasteiger partial charge in [-0.05, 0) is 145 Å². The molecule has 290 valence electrons. The largest absolute Gasteiger partial charge is 0.135 e. The van der Waals surface area contributed by atoms with Crippen LogP contribution in [-0.4, -0.2) is 0 Å². The normalized spacial score (nSPS) is 12.1. The lowest BCUT2D eigenvalue weighted by Gasteiger charge is -2.16. The maximum Gasteiger partial charge on any atom is 0.0355 e. The smallest absolute Gasteiger partial charge is 0.0355 e. The van der Waals surface area contributed by atoms with E-state index in [1.54, 1.807) is 0 Å². The van der Waals surface area contributed by atoms with E-state index >= 15 is 0 Å². The molecule has 0 nitrogen and oxygen atoms in total. The molecular formula is C62H36S. The molecule has 0 N–H and O–H groups in total. The summed E-state index contributed by atoms with van der Waals surface area (Å²) in [4.78, 5) is 0. The second kappa shape index (κ2) is 13.3. The second-order valence-corrected chi connectivity index (χ2v) is 18.2. The van der Waals surface area contributed by atoms with Crippen molar-refractivity contribution in [1.82, 2.24) is 0 Å². The summed E-state index contributed by atoms with van der Waals surface area (Å²) in [5, 5.41) is 18.4. The summed E-state index contributed by atoms with van der Waals surface area (Å²) >= 11 is 1.88. The Morgan fingerprint density at radius 2 is 0.556 bits per heavy atom. The zero-order valence-electron chi connectivity index (χ0n) is 34.2. The van der Waals surface area contributed by atoms with Gasteiger partial charge in [-0.25, -0.2) is 0 Å². The Morgan fingerprint density at radius 3 is 1.02 bits per heavy atom. The minimum atomic E-state index is 1.23. The summed E-state index contributed by atoms with van der Waals surface area (Å²) in [5.41, 5.74) is 12.5. The first-order chi connectivity index (χ1) is 31.2. The highest BCUT2D eigenvalue weighted by molar-refractivity contribution is 7.25. The topological polar surface area (TPSA) is 0 Å². The SMILES string of the molecule is c1ccc(-c2ccc3ccc4c(-c5ccc(-c6ccc7sc8ccc(-c9ccc(-c%10ccc%11ccc%12cccc%13ccc%10c%11c%12%13)cc9)cc8c7c6)cc5)ccc5ccc2c3c54)cc1. The molecule has 0 spiro atoms. The molecule has 0 saturated carbocycles. The summed E-state index contributed by atoms with van der Waals surface area (Å²) < 4.78 is 2.63.